The molecule has 1 saturated heterocycles. The lowest BCUT2D eigenvalue weighted by Gasteiger charge is -2.33. The summed E-state index contributed by atoms with van der Waals surface area (Å²) in [5.41, 5.74) is 4.91. The van der Waals surface area contributed by atoms with Crippen molar-refractivity contribution in [3.63, 3.8) is 0 Å². The predicted molar refractivity (Wildman–Crippen MR) is 133 cm³/mol. The van der Waals surface area contributed by atoms with Crippen molar-refractivity contribution >= 4 is 16.8 Å². The molecule has 2 N–H and O–H groups in total. The number of H-pyrrole nitrogens is 1. The Balaban J connectivity index is 1.43. The van der Waals surface area contributed by atoms with Crippen molar-refractivity contribution in [1.82, 2.24) is 15.2 Å². The molecule has 0 bridgehead atoms. The molecule has 4 nitrogen and oxygen atoms in total. The minimum atomic E-state index is 0.0409. The molecule has 1 aliphatic rings. The van der Waals surface area contributed by atoms with E-state index in [1.807, 2.05) is 6.07 Å². The van der Waals surface area contributed by atoms with Gasteiger partial charge in [0.05, 0.1) is 0 Å². The van der Waals surface area contributed by atoms with Crippen LogP contribution in [0.25, 0.3) is 10.9 Å². The molecule has 1 amide bonds. The van der Waals surface area contributed by atoms with E-state index in [0.717, 1.165) is 25.9 Å². The number of aromatic nitrogens is 1. The lowest BCUT2D eigenvalue weighted by molar-refractivity contribution is -0.121. The van der Waals surface area contributed by atoms with Crippen LogP contribution in [-0.4, -0.2) is 41.5 Å². The SMILES string of the molecule is CCc1cccc2c(C(CC(=O)NCCCN3CCCCC3C)c3ccccc3)c[nH]c12. The fourth-order valence-corrected chi connectivity index (χ4v) is 5.17. The number of fused-ring (bicyclic) bond motifs is 1. The predicted octanol–water partition coefficient (Wildman–Crippen LogP) is 5.63. The van der Waals surface area contributed by atoms with Gasteiger partial charge in [-0.2, -0.15) is 0 Å². The summed E-state index contributed by atoms with van der Waals surface area (Å²) in [6.07, 6.45) is 8.53. The number of likely N-dealkylation sites (tertiary alicyclic amines) is 1. The quantitative estimate of drug-likeness (QED) is 0.431. The van der Waals surface area contributed by atoms with Gasteiger partial charge in [0, 0.05) is 48.6 Å². The first-order valence-corrected chi connectivity index (χ1v) is 12.3. The molecule has 2 heterocycles. The second-order valence-electron chi connectivity index (χ2n) is 9.19. The summed E-state index contributed by atoms with van der Waals surface area (Å²) >= 11 is 0. The molecule has 0 radical (unpaired) electrons. The van der Waals surface area contributed by atoms with Gasteiger partial charge in [-0.05, 0) is 55.8 Å². The smallest absolute Gasteiger partial charge is 0.220 e. The van der Waals surface area contributed by atoms with Crippen LogP contribution < -0.4 is 5.32 Å². The van der Waals surface area contributed by atoms with Gasteiger partial charge in [-0.15, -0.1) is 0 Å². The number of para-hydroxylation sites is 1. The molecule has 2 aromatic carbocycles. The number of piperidine rings is 1. The number of benzene rings is 2. The second kappa shape index (κ2) is 10.8. The van der Waals surface area contributed by atoms with Crippen molar-refractivity contribution in [3.8, 4) is 0 Å². The minimum Gasteiger partial charge on any atom is -0.361 e. The number of aromatic amines is 1. The summed E-state index contributed by atoms with van der Waals surface area (Å²) in [7, 11) is 0. The number of nitrogens with one attached hydrogen (secondary N) is 2. The Morgan fingerprint density at radius 1 is 1.16 bits per heavy atom. The molecular weight excluding hydrogens is 394 g/mol. The number of aryl methyl sites for hydroxylation is 1. The van der Waals surface area contributed by atoms with E-state index in [1.165, 1.54) is 53.4 Å². The average molecular weight is 432 g/mol. The van der Waals surface area contributed by atoms with E-state index in [1.54, 1.807) is 0 Å². The van der Waals surface area contributed by atoms with E-state index in [9.17, 15) is 4.79 Å². The first-order valence-electron chi connectivity index (χ1n) is 12.3. The molecule has 0 aliphatic carbocycles. The van der Waals surface area contributed by atoms with Gasteiger partial charge < -0.3 is 15.2 Å². The molecule has 170 valence electrons. The Labute approximate surface area is 192 Å². The number of hydrogen-bond acceptors (Lipinski definition) is 2. The number of carbonyl (C=O) groups excluding carboxylic acids is 1. The van der Waals surface area contributed by atoms with Gasteiger partial charge in [0.2, 0.25) is 5.91 Å². The molecule has 2 atom stereocenters. The summed E-state index contributed by atoms with van der Waals surface area (Å²) < 4.78 is 0. The van der Waals surface area contributed by atoms with Crippen LogP contribution in [-0.2, 0) is 11.2 Å². The summed E-state index contributed by atoms with van der Waals surface area (Å²) in [6, 6.07) is 17.6. The molecule has 1 aromatic heterocycles. The zero-order valence-corrected chi connectivity index (χ0v) is 19.6. The van der Waals surface area contributed by atoms with Crippen molar-refractivity contribution in [3.05, 3.63) is 71.4 Å². The van der Waals surface area contributed by atoms with E-state index in [0.29, 0.717) is 12.5 Å². The lowest BCUT2D eigenvalue weighted by Crippen LogP contribution is -2.39. The number of nitrogens with zero attached hydrogens (tertiary/aromatic N) is 1. The largest absolute Gasteiger partial charge is 0.361 e. The van der Waals surface area contributed by atoms with Crippen LogP contribution >= 0.6 is 0 Å². The van der Waals surface area contributed by atoms with Gasteiger partial charge in [0.25, 0.3) is 0 Å². The van der Waals surface area contributed by atoms with E-state index in [2.05, 4.69) is 77.7 Å². The molecule has 32 heavy (non-hydrogen) atoms. The van der Waals surface area contributed by atoms with Crippen LogP contribution in [0.3, 0.4) is 0 Å². The summed E-state index contributed by atoms with van der Waals surface area (Å²) in [6.45, 7) is 7.53. The highest BCUT2D eigenvalue weighted by atomic mass is 16.1. The molecule has 4 rings (SSSR count). The van der Waals surface area contributed by atoms with Gasteiger partial charge in [-0.3, -0.25) is 4.79 Å². The molecule has 2 unspecified atom stereocenters. The van der Waals surface area contributed by atoms with Crippen molar-refractivity contribution in [1.29, 1.82) is 0 Å². The van der Waals surface area contributed by atoms with Crippen LogP contribution in [0.15, 0.2) is 54.7 Å². The number of hydrogen-bond donors (Lipinski definition) is 2. The standard InChI is InChI=1S/C28H37N3O/c1-3-22-14-9-15-24-26(20-30-28(22)24)25(23-12-5-4-6-13-23)19-27(32)29-16-10-18-31-17-8-7-11-21(31)2/h4-6,9,12-15,20-21,25,30H,3,7-8,10-11,16-19H2,1-2H3,(H,29,32). The highest BCUT2D eigenvalue weighted by Crippen LogP contribution is 2.34. The summed E-state index contributed by atoms with van der Waals surface area (Å²) in [5.74, 6) is 0.172. The van der Waals surface area contributed by atoms with Crippen molar-refractivity contribution in [2.24, 2.45) is 0 Å². The third-order valence-corrected chi connectivity index (χ3v) is 7.07. The summed E-state index contributed by atoms with van der Waals surface area (Å²) in [5, 5.41) is 4.42. The highest BCUT2D eigenvalue weighted by molar-refractivity contribution is 5.88. The van der Waals surface area contributed by atoms with Gasteiger partial charge in [-0.25, -0.2) is 0 Å². The first kappa shape index (κ1) is 22.6. The molecule has 4 heteroatoms. The Hall–Kier alpha value is -2.59. The van der Waals surface area contributed by atoms with Crippen molar-refractivity contribution in [2.75, 3.05) is 19.6 Å². The van der Waals surface area contributed by atoms with E-state index < -0.39 is 0 Å². The van der Waals surface area contributed by atoms with Crippen LogP contribution in [0.4, 0.5) is 0 Å². The van der Waals surface area contributed by atoms with Crippen LogP contribution in [0.5, 0.6) is 0 Å². The second-order valence-corrected chi connectivity index (χ2v) is 9.19. The van der Waals surface area contributed by atoms with Crippen molar-refractivity contribution in [2.45, 2.75) is 64.3 Å². The minimum absolute atomic E-state index is 0.0409. The van der Waals surface area contributed by atoms with Crippen molar-refractivity contribution < 1.29 is 4.79 Å². The zero-order valence-electron chi connectivity index (χ0n) is 19.6. The maximum absolute atomic E-state index is 13.0. The Morgan fingerprint density at radius 2 is 2.00 bits per heavy atom. The molecule has 3 aromatic rings. The lowest BCUT2D eigenvalue weighted by atomic mass is 9.87. The van der Waals surface area contributed by atoms with Gasteiger partial charge in [0.1, 0.15) is 0 Å². The third kappa shape index (κ3) is 5.24. The van der Waals surface area contributed by atoms with Crippen LogP contribution in [0.1, 0.15) is 68.6 Å². The summed E-state index contributed by atoms with van der Waals surface area (Å²) in [4.78, 5) is 19.0. The maximum Gasteiger partial charge on any atom is 0.220 e. The fourth-order valence-electron chi connectivity index (χ4n) is 5.17. The van der Waals surface area contributed by atoms with E-state index in [-0.39, 0.29) is 11.8 Å². The van der Waals surface area contributed by atoms with E-state index in [4.69, 9.17) is 0 Å². The van der Waals surface area contributed by atoms with Gasteiger partial charge in [0.15, 0.2) is 0 Å². The molecule has 1 aliphatic heterocycles. The maximum atomic E-state index is 13.0. The first-order chi connectivity index (χ1) is 15.7. The van der Waals surface area contributed by atoms with Crippen LogP contribution in [0.2, 0.25) is 0 Å². The topological polar surface area (TPSA) is 48.1 Å². The fraction of sp³-hybridized carbons (Fsp3) is 0.464. The monoisotopic (exact) mass is 431 g/mol. The molecule has 0 spiro atoms. The Bertz CT molecular complexity index is 1010. The Kier molecular flexibility index (Phi) is 7.64. The normalized spacial score (nSPS) is 18.0. The average Bonchev–Trinajstić information content (AvgIpc) is 3.26. The van der Waals surface area contributed by atoms with Gasteiger partial charge in [-0.1, -0.05) is 61.9 Å². The third-order valence-electron chi connectivity index (χ3n) is 7.07. The number of rotatable bonds is 9. The molecule has 1 fully saturated rings. The highest BCUT2D eigenvalue weighted by Gasteiger charge is 2.22. The number of amides is 1. The van der Waals surface area contributed by atoms with Crippen LogP contribution in [0, 0.1) is 0 Å². The van der Waals surface area contributed by atoms with Gasteiger partial charge >= 0.3 is 0 Å². The zero-order chi connectivity index (χ0) is 22.3. The molecule has 0 saturated carbocycles. The number of carbonyl (C=O) groups is 1. The van der Waals surface area contributed by atoms with E-state index >= 15 is 0 Å². The molecular formula is C28H37N3O. The Morgan fingerprint density at radius 3 is 2.78 bits per heavy atom.